The first-order chi connectivity index (χ1) is 12.6. The Morgan fingerprint density at radius 3 is 1.39 bits per heavy atom. The summed E-state index contributed by atoms with van der Waals surface area (Å²) in [6.07, 6.45) is 0.836. The molecule has 8 nitrogen and oxygen atoms in total. The zero-order chi connectivity index (χ0) is 20.7. The Morgan fingerprint density at radius 2 is 1.11 bits per heavy atom. The molecular formula is C20H30N2O6. The molecule has 5 fully saturated rings. The second-order valence-corrected chi connectivity index (χ2v) is 11.4. The van der Waals surface area contributed by atoms with Crippen LogP contribution in [0.3, 0.4) is 0 Å². The second kappa shape index (κ2) is 4.58. The fraction of sp³-hybridized carbons (Fsp3) is 0.900. The van der Waals surface area contributed by atoms with Gasteiger partial charge in [-0.25, -0.2) is 0 Å². The van der Waals surface area contributed by atoms with E-state index in [-0.39, 0.29) is 37.0 Å². The molecule has 2 saturated carbocycles. The zero-order valence-electron chi connectivity index (χ0n) is 17.4. The largest absolute Gasteiger partial charge is 0.362 e. The molecule has 0 radical (unpaired) electrons. The Balaban J connectivity index is 1.46. The van der Waals surface area contributed by atoms with Crippen LogP contribution in [0, 0.1) is 10.8 Å². The van der Waals surface area contributed by atoms with Gasteiger partial charge in [0.25, 0.3) is 0 Å². The van der Waals surface area contributed by atoms with Crippen LogP contribution in [0.1, 0.15) is 54.4 Å². The minimum Gasteiger partial charge on any atom is -0.362 e. The van der Waals surface area contributed by atoms with Crippen LogP contribution in [0.2, 0.25) is 0 Å². The lowest BCUT2D eigenvalue weighted by atomic mass is 9.94. The number of amides is 2. The van der Waals surface area contributed by atoms with Gasteiger partial charge in [0, 0.05) is 23.7 Å². The van der Waals surface area contributed by atoms with Crippen LogP contribution in [0.25, 0.3) is 0 Å². The minimum atomic E-state index is -1.67. The highest BCUT2D eigenvalue weighted by atomic mass is 16.8. The molecule has 5 rings (SSSR count). The highest BCUT2D eigenvalue weighted by Crippen LogP contribution is 2.71. The maximum atomic E-state index is 12.8. The van der Waals surface area contributed by atoms with Crippen LogP contribution in [-0.2, 0) is 19.1 Å². The van der Waals surface area contributed by atoms with Crippen LogP contribution < -0.4 is 0 Å². The number of rotatable bonds is 0. The number of likely N-dealkylation sites (tertiary alicyclic amines) is 2. The van der Waals surface area contributed by atoms with Crippen molar-refractivity contribution in [1.82, 2.24) is 9.80 Å². The highest BCUT2D eigenvalue weighted by Gasteiger charge is 2.91. The van der Waals surface area contributed by atoms with E-state index in [4.69, 9.17) is 9.47 Å². The Bertz CT molecular complexity index is 731. The van der Waals surface area contributed by atoms with Gasteiger partial charge in [-0.1, -0.05) is 41.5 Å². The highest BCUT2D eigenvalue weighted by molar-refractivity contribution is 5.84. The topological polar surface area (TPSA) is 99.5 Å². The van der Waals surface area contributed by atoms with Crippen LogP contribution in [0.5, 0.6) is 0 Å². The molecule has 2 amide bonds. The van der Waals surface area contributed by atoms with E-state index in [2.05, 4.69) is 0 Å². The molecule has 6 unspecified atom stereocenters. The summed E-state index contributed by atoms with van der Waals surface area (Å²) < 4.78 is 12.4. The van der Waals surface area contributed by atoms with Crippen molar-refractivity contribution in [2.75, 3.05) is 13.1 Å². The maximum Gasteiger partial charge on any atom is 0.228 e. The molecule has 28 heavy (non-hydrogen) atoms. The summed E-state index contributed by atoms with van der Waals surface area (Å²) >= 11 is 0. The summed E-state index contributed by atoms with van der Waals surface area (Å²) in [6, 6.07) is -0.648. The number of β-amino-alcohol motifs (C(OH)–C–C–N with tert-alkyl or cyclic N) is 2. The lowest BCUT2D eigenvalue weighted by molar-refractivity contribution is -0.428. The number of hydrogen-bond acceptors (Lipinski definition) is 6. The lowest BCUT2D eigenvalue weighted by Crippen LogP contribution is -2.68. The van der Waals surface area contributed by atoms with Gasteiger partial charge in [0.05, 0.1) is 25.2 Å². The van der Waals surface area contributed by atoms with Gasteiger partial charge in [0.1, 0.15) is 11.2 Å². The monoisotopic (exact) mass is 394 g/mol. The summed E-state index contributed by atoms with van der Waals surface area (Å²) in [6.45, 7) is 11.1. The van der Waals surface area contributed by atoms with Gasteiger partial charge in [0.2, 0.25) is 23.4 Å². The van der Waals surface area contributed by atoms with Gasteiger partial charge >= 0.3 is 0 Å². The van der Waals surface area contributed by atoms with Crippen LogP contribution in [0.4, 0.5) is 0 Å². The van der Waals surface area contributed by atoms with Gasteiger partial charge in [-0.3, -0.25) is 9.59 Å². The van der Waals surface area contributed by atoms with E-state index >= 15 is 0 Å². The molecule has 3 heterocycles. The number of ether oxygens (including phenoxy) is 2. The molecule has 3 saturated heterocycles. The molecular weight excluding hydrogens is 364 g/mol. The number of carbonyl (C=O) groups is 2. The number of nitrogens with zero attached hydrogens (tertiary/aromatic N) is 2. The molecule has 0 aromatic rings. The molecule has 0 aromatic carbocycles. The summed E-state index contributed by atoms with van der Waals surface area (Å²) in [4.78, 5) is 29.0. The Kier molecular flexibility index (Phi) is 3.07. The summed E-state index contributed by atoms with van der Waals surface area (Å²) in [5.74, 6) is -3.48. The van der Waals surface area contributed by atoms with E-state index in [0.717, 1.165) is 0 Å². The Labute approximate surface area is 164 Å². The predicted octanol–water partition coefficient (Wildman–Crippen LogP) is 0.209. The van der Waals surface area contributed by atoms with Gasteiger partial charge in [-0.2, -0.15) is 0 Å². The summed E-state index contributed by atoms with van der Waals surface area (Å²) in [5.41, 5.74) is -3.42. The van der Waals surface area contributed by atoms with E-state index in [0.29, 0.717) is 12.8 Å². The standard InChI is InChI=1S/C20H30N2O6/c1-15(2,3)13(23)21-9-19(25)17(7-11(17)21)27-20(26)10-22(14(24)16(4,5)6)12-8-18(12,20)28-19/h11-12,25-26H,7-10H2,1-6H3. The van der Waals surface area contributed by atoms with Crippen molar-refractivity contribution in [2.24, 2.45) is 10.8 Å². The average molecular weight is 394 g/mol. The zero-order valence-corrected chi connectivity index (χ0v) is 17.4. The number of carbonyl (C=O) groups excluding carboxylic acids is 2. The van der Waals surface area contributed by atoms with E-state index < -0.39 is 33.6 Å². The molecule has 2 aliphatic carbocycles. The molecule has 2 N–H and O–H groups in total. The van der Waals surface area contributed by atoms with E-state index in [9.17, 15) is 19.8 Å². The third kappa shape index (κ3) is 1.95. The first kappa shape index (κ1) is 18.8. The lowest BCUT2D eigenvalue weighted by Gasteiger charge is -2.48. The molecule has 0 bridgehead atoms. The average Bonchev–Trinajstić information content (AvgIpc) is 3.38. The number of aliphatic hydroxyl groups is 2. The first-order valence-electron chi connectivity index (χ1n) is 10.1. The van der Waals surface area contributed by atoms with Crippen molar-refractivity contribution in [3.05, 3.63) is 0 Å². The quantitative estimate of drug-likeness (QED) is 0.609. The van der Waals surface area contributed by atoms with Crippen LogP contribution in [0.15, 0.2) is 0 Å². The fourth-order valence-corrected chi connectivity index (χ4v) is 5.48. The Morgan fingerprint density at radius 1 is 0.786 bits per heavy atom. The molecule has 3 aliphatic heterocycles. The van der Waals surface area contributed by atoms with Crippen molar-refractivity contribution in [3.63, 3.8) is 0 Å². The van der Waals surface area contributed by atoms with Crippen molar-refractivity contribution in [1.29, 1.82) is 0 Å². The third-order valence-electron chi connectivity index (χ3n) is 7.10. The maximum absolute atomic E-state index is 12.8. The normalized spacial score (nSPS) is 48.6. The molecule has 156 valence electrons. The molecule has 0 aromatic heterocycles. The van der Waals surface area contributed by atoms with Crippen LogP contribution in [-0.4, -0.2) is 79.8 Å². The van der Waals surface area contributed by atoms with Gasteiger partial charge < -0.3 is 29.5 Å². The predicted molar refractivity (Wildman–Crippen MR) is 96.7 cm³/mol. The summed E-state index contributed by atoms with van der Waals surface area (Å²) in [5, 5.41) is 22.8. The van der Waals surface area contributed by atoms with Crippen molar-refractivity contribution in [3.8, 4) is 0 Å². The molecule has 6 atom stereocenters. The van der Waals surface area contributed by atoms with E-state index in [1.807, 2.05) is 41.5 Å². The SMILES string of the molecule is CC(C)(C)C(=O)N1CC2(O)OC34CC3N(C(=O)C(C)(C)C)CC4(O)OC23CC13. The smallest absolute Gasteiger partial charge is 0.228 e. The summed E-state index contributed by atoms with van der Waals surface area (Å²) in [7, 11) is 0. The third-order valence-corrected chi connectivity index (χ3v) is 7.10. The number of hydrogen-bond donors (Lipinski definition) is 2. The minimum absolute atomic E-state index is 0.0194. The van der Waals surface area contributed by atoms with Gasteiger partial charge in [-0.15, -0.1) is 0 Å². The van der Waals surface area contributed by atoms with Crippen LogP contribution >= 0.6 is 0 Å². The second-order valence-electron chi connectivity index (χ2n) is 11.4. The fourth-order valence-electron chi connectivity index (χ4n) is 5.48. The van der Waals surface area contributed by atoms with E-state index in [1.54, 1.807) is 9.80 Å². The molecule has 8 heteroatoms. The van der Waals surface area contributed by atoms with Gasteiger partial charge in [-0.05, 0) is 0 Å². The Hall–Kier alpha value is -1.22. The van der Waals surface area contributed by atoms with Gasteiger partial charge in [0.15, 0.2) is 0 Å². The van der Waals surface area contributed by atoms with E-state index in [1.165, 1.54) is 0 Å². The number of piperidine rings is 2. The van der Waals surface area contributed by atoms with Crippen molar-refractivity contribution in [2.45, 2.75) is 89.2 Å². The van der Waals surface area contributed by atoms with Crippen molar-refractivity contribution < 1.29 is 29.3 Å². The van der Waals surface area contributed by atoms with Crippen molar-refractivity contribution >= 4 is 11.8 Å². The first-order valence-corrected chi connectivity index (χ1v) is 10.1. The molecule has 5 aliphatic rings. The molecule has 2 spiro atoms.